The molecule has 116 valence electrons. The molecule has 1 amide bonds. The average Bonchev–Trinajstić information content (AvgIpc) is 2.84. The van der Waals surface area contributed by atoms with E-state index in [1.807, 2.05) is 0 Å². The molecule has 0 radical (unpaired) electrons. The number of rotatable bonds is 6. The molecule has 1 aromatic carbocycles. The number of nitrogens with one attached hydrogen (secondary N) is 1. The standard InChI is InChI=1S/C15H21F2N3O/c1-3-19(4-2)7-8-20-14(21)10-18-15(20)11-5-6-12(16)13(17)9-11/h5-6,9,15,18H,3-4,7-8,10H2,1-2H3. The minimum Gasteiger partial charge on any atom is -0.321 e. The smallest absolute Gasteiger partial charge is 0.238 e. The van der Waals surface area contributed by atoms with E-state index < -0.39 is 11.6 Å². The summed E-state index contributed by atoms with van der Waals surface area (Å²) in [5.74, 6) is -1.79. The summed E-state index contributed by atoms with van der Waals surface area (Å²) < 4.78 is 26.4. The Morgan fingerprint density at radius 3 is 2.62 bits per heavy atom. The van der Waals surface area contributed by atoms with Crippen molar-refractivity contribution < 1.29 is 13.6 Å². The van der Waals surface area contributed by atoms with E-state index in [1.54, 1.807) is 4.90 Å². The van der Waals surface area contributed by atoms with Crippen molar-refractivity contribution in [2.45, 2.75) is 20.0 Å². The molecule has 1 aliphatic rings. The predicted molar refractivity (Wildman–Crippen MR) is 76.6 cm³/mol. The maximum Gasteiger partial charge on any atom is 0.238 e. The summed E-state index contributed by atoms with van der Waals surface area (Å²) in [4.78, 5) is 15.9. The van der Waals surface area contributed by atoms with Crippen molar-refractivity contribution >= 4 is 5.91 Å². The third-order valence-corrected chi connectivity index (χ3v) is 3.89. The van der Waals surface area contributed by atoms with Crippen LogP contribution >= 0.6 is 0 Å². The third-order valence-electron chi connectivity index (χ3n) is 3.89. The Labute approximate surface area is 123 Å². The van der Waals surface area contributed by atoms with Gasteiger partial charge in [-0.3, -0.25) is 10.1 Å². The number of benzene rings is 1. The monoisotopic (exact) mass is 297 g/mol. The molecule has 1 N–H and O–H groups in total. The van der Waals surface area contributed by atoms with Crippen molar-refractivity contribution in [1.29, 1.82) is 0 Å². The van der Waals surface area contributed by atoms with E-state index in [2.05, 4.69) is 24.1 Å². The second kappa shape index (κ2) is 6.95. The van der Waals surface area contributed by atoms with Crippen LogP contribution in [0.4, 0.5) is 8.78 Å². The van der Waals surface area contributed by atoms with Crippen molar-refractivity contribution in [3.8, 4) is 0 Å². The number of hydrogen-bond donors (Lipinski definition) is 1. The summed E-state index contributed by atoms with van der Waals surface area (Å²) in [6, 6.07) is 3.76. The Balaban J connectivity index is 2.10. The molecule has 1 unspecified atom stereocenters. The van der Waals surface area contributed by atoms with E-state index in [4.69, 9.17) is 0 Å². The lowest BCUT2D eigenvalue weighted by Gasteiger charge is -2.27. The van der Waals surface area contributed by atoms with Crippen LogP contribution in [0.25, 0.3) is 0 Å². The van der Waals surface area contributed by atoms with Crippen LogP contribution in [0.3, 0.4) is 0 Å². The zero-order valence-electron chi connectivity index (χ0n) is 12.4. The Morgan fingerprint density at radius 2 is 2.00 bits per heavy atom. The van der Waals surface area contributed by atoms with Crippen molar-refractivity contribution in [2.24, 2.45) is 0 Å². The molecule has 0 saturated carbocycles. The zero-order valence-corrected chi connectivity index (χ0v) is 12.4. The number of amides is 1. The molecule has 0 aromatic heterocycles. The lowest BCUT2D eigenvalue weighted by molar-refractivity contribution is -0.128. The fourth-order valence-electron chi connectivity index (χ4n) is 2.56. The Morgan fingerprint density at radius 1 is 1.29 bits per heavy atom. The molecule has 1 heterocycles. The second-order valence-corrected chi connectivity index (χ2v) is 5.07. The lowest BCUT2D eigenvalue weighted by Crippen LogP contribution is -2.38. The summed E-state index contributed by atoms with van der Waals surface area (Å²) in [7, 11) is 0. The highest BCUT2D eigenvalue weighted by Gasteiger charge is 2.31. The second-order valence-electron chi connectivity index (χ2n) is 5.07. The van der Waals surface area contributed by atoms with Gasteiger partial charge in [0.25, 0.3) is 0 Å². The number of carbonyl (C=O) groups excluding carboxylic acids is 1. The maximum absolute atomic E-state index is 13.4. The van der Waals surface area contributed by atoms with E-state index in [9.17, 15) is 13.6 Å². The van der Waals surface area contributed by atoms with Crippen LogP contribution in [0.2, 0.25) is 0 Å². The average molecular weight is 297 g/mol. The molecule has 0 bridgehead atoms. The first kappa shape index (κ1) is 15.9. The highest BCUT2D eigenvalue weighted by molar-refractivity contribution is 5.80. The van der Waals surface area contributed by atoms with Gasteiger partial charge in [-0.05, 0) is 30.8 Å². The highest BCUT2D eigenvalue weighted by Crippen LogP contribution is 2.23. The molecule has 0 aliphatic carbocycles. The zero-order chi connectivity index (χ0) is 15.4. The van der Waals surface area contributed by atoms with Gasteiger partial charge in [0.1, 0.15) is 6.17 Å². The van der Waals surface area contributed by atoms with Crippen LogP contribution in [-0.4, -0.2) is 48.4 Å². The Bertz CT molecular complexity index is 506. The largest absolute Gasteiger partial charge is 0.321 e. The van der Waals surface area contributed by atoms with Gasteiger partial charge in [-0.25, -0.2) is 8.78 Å². The van der Waals surface area contributed by atoms with Crippen molar-refractivity contribution in [2.75, 3.05) is 32.7 Å². The minimum absolute atomic E-state index is 0.0168. The normalized spacial score (nSPS) is 18.8. The summed E-state index contributed by atoms with van der Waals surface area (Å²) in [6.45, 7) is 7.53. The van der Waals surface area contributed by atoms with Gasteiger partial charge in [0.05, 0.1) is 6.54 Å². The molecule has 2 rings (SSSR count). The van der Waals surface area contributed by atoms with Crippen LogP contribution in [0.15, 0.2) is 18.2 Å². The third kappa shape index (κ3) is 3.57. The van der Waals surface area contributed by atoms with Crippen LogP contribution < -0.4 is 5.32 Å². The van der Waals surface area contributed by atoms with Gasteiger partial charge in [-0.15, -0.1) is 0 Å². The molecule has 6 heteroatoms. The Hall–Kier alpha value is -1.53. The molecular formula is C15H21F2N3O. The van der Waals surface area contributed by atoms with Gasteiger partial charge in [-0.1, -0.05) is 19.9 Å². The molecule has 1 aliphatic heterocycles. The minimum atomic E-state index is -0.891. The lowest BCUT2D eigenvalue weighted by atomic mass is 10.1. The maximum atomic E-state index is 13.4. The summed E-state index contributed by atoms with van der Waals surface area (Å²) in [6.07, 6.45) is -0.386. The Kier molecular flexibility index (Phi) is 5.25. The number of likely N-dealkylation sites (N-methyl/N-ethyl adjacent to an activating group) is 1. The van der Waals surface area contributed by atoms with E-state index in [-0.39, 0.29) is 18.6 Å². The van der Waals surface area contributed by atoms with E-state index in [1.165, 1.54) is 6.07 Å². The van der Waals surface area contributed by atoms with Gasteiger partial charge < -0.3 is 9.80 Å². The van der Waals surface area contributed by atoms with Gasteiger partial charge in [0.15, 0.2) is 11.6 Å². The quantitative estimate of drug-likeness (QED) is 0.869. The molecule has 0 spiro atoms. The van der Waals surface area contributed by atoms with E-state index in [0.717, 1.165) is 31.8 Å². The van der Waals surface area contributed by atoms with Gasteiger partial charge >= 0.3 is 0 Å². The van der Waals surface area contributed by atoms with Crippen molar-refractivity contribution in [3.05, 3.63) is 35.4 Å². The van der Waals surface area contributed by atoms with Crippen molar-refractivity contribution in [3.63, 3.8) is 0 Å². The molecule has 21 heavy (non-hydrogen) atoms. The first-order valence-electron chi connectivity index (χ1n) is 7.27. The summed E-state index contributed by atoms with van der Waals surface area (Å²) >= 11 is 0. The van der Waals surface area contributed by atoms with Gasteiger partial charge in [0, 0.05) is 13.1 Å². The number of hydrogen-bond acceptors (Lipinski definition) is 3. The molecule has 1 fully saturated rings. The first-order chi connectivity index (χ1) is 10.1. The fraction of sp³-hybridized carbons (Fsp3) is 0.533. The number of halogens is 2. The van der Waals surface area contributed by atoms with E-state index in [0.29, 0.717) is 12.1 Å². The van der Waals surface area contributed by atoms with Crippen LogP contribution in [0.1, 0.15) is 25.6 Å². The molecule has 1 atom stereocenters. The number of carbonyl (C=O) groups is 1. The summed E-state index contributed by atoms with van der Waals surface area (Å²) in [5, 5.41) is 3.05. The van der Waals surface area contributed by atoms with E-state index >= 15 is 0 Å². The van der Waals surface area contributed by atoms with Crippen LogP contribution in [0, 0.1) is 11.6 Å². The predicted octanol–water partition coefficient (Wildman–Crippen LogP) is 1.74. The fourth-order valence-corrected chi connectivity index (χ4v) is 2.56. The van der Waals surface area contributed by atoms with Gasteiger partial charge in [-0.2, -0.15) is 0 Å². The van der Waals surface area contributed by atoms with Crippen LogP contribution in [-0.2, 0) is 4.79 Å². The SMILES string of the molecule is CCN(CC)CCN1C(=O)CNC1c1ccc(F)c(F)c1. The summed E-state index contributed by atoms with van der Waals surface area (Å²) in [5.41, 5.74) is 0.569. The molecule has 1 saturated heterocycles. The number of nitrogens with zero attached hydrogens (tertiary/aromatic N) is 2. The molecular weight excluding hydrogens is 276 g/mol. The molecule has 4 nitrogen and oxygen atoms in total. The first-order valence-corrected chi connectivity index (χ1v) is 7.27. The topological polar surface area (TPSA) is 35.6 Å². The van der Waals surface area contributed by atoms with Gasteiger partial charge in [0.2, 0.25) is 5.91 Å². The van der Waals surface area contributed by atoms with Crippen LogP contribution in [0.5, 0.6) is 0 Å². The molecule has 1 aromatic rings. The van der Waals surface area contributed by atoms with Crippen molar-refractivity contribution in [1.82, 2.24) is 15.1 Å². The highest BCUT2D eigenvalue weighted by atomic mass is 19.2.